The lowest BCUT2D eigenvalue weighted by Gasteiger charge is -2.22. The zero-order chi connectivity index (χ0) is 17.9. The van der Waals surface area contributed by atoms with Crippen molar-refractivity contribution in [2.24, 2.45) is 0 Å². The molecule has 1 amide bonds. The van der Waals surface area contributed by atoms with Crippen LogP contribution in [0.15, 0.2) is 59.4 Å². The summed E-state index contributed by atoms with van der Waals surface area (Å²) in [5.74, 6) is 0.936. The molecule has 2 aromatic heterocycles. The topological polar surface area (TPSA) is 59.2 Å². The van der Waals surface area contributed by atoms with Gasteiger partial charge in [0, 0.05) is 25.4 Å². The van der Waals surface area contributed by atoms with Crippen LogP contribution in [0.1, 0.15) is 46.5 Å². The van der Waals surface area contributed by atoms with Crippen molar-refractivity contribution in [3.63, 3.8) is 0 Å². The van der Waals surface area contributed by atoms with Gasteiger partial charge in [-0.25, -0.2) is 9.37 Å². The van der Waals surface area contributed by atoms with E-state index in [4.69, 9.17) is 4.42 Å². The van der Waals surface area contributed by atoms with Crippen molar-refractivity contribution in [3.05, 3.63) is 83.6 Å². The van der Waals surface area contributed by atoms with Crippen molar-refractivity contribution in [1.29, 1.82) is 0 Å². The number of halogens is 1. The van der Waals surface area contributed by atoms with Gasteiger partial charge in [-0.05, 0) is 42.7 Å². The predicted molar refractivity (Wildman–Crippen MR) is 93.0 cm³/mol. The summed E-state index contributed by atoms with van der Waals surface area (Å²) in [6.07, 6.45) is 7.18. The van der Waals surface area contributed by atoms with Gasteiger partial charge in [0.05, 0.1) is 11.8 Å². The van der Waals surface area contributed by atoms with E-state index in [0.717, 1.165) is 18.4 Å². The molecule has 1 aromatic carbocycles. The maximum Gasteiger partial charge on any atom is 0.256 e. The second-order valence-corrected chi connectivity index (χ2v) is 6.37. The van der Waals surface area contributed by atoms with Crippen LogP contribution >= 0.6 is 0 Å². The SMILES string of the molecule is O=C(c1cccnc1)N1CCC[C@H]1c1ncc(Cc2ccc(F)cc2)o1. The molecule has 132 valence electrons. The first-order chi connectivity index (χ1) is 12.7. The van der Waals surface area contributed by atoms with Crippen LogP contribution in [0.5, 0.6) is 0 Å². The van der Waals surface area contributed by atoms with Gasteiger partial charge in [-0.15, -0.1) is 0 Å². The molecule has 0 unspecified atom stereocenters. The molecule has 0 N–H and O–H groups in total. The molecule has 3 heterocycles. The number of oxazole rings is 1. The Morgan fingerprint density at radius 1 is 1.23 bits per heavy atom. The van der Waals surface area contributed by atoms with Crippen LogP contribution in [-0.4, -0.2) is 27.3 Å². The van der Waals surface area contributed by atoms with E-state index in [0.29, 0.717) is 30.2 Å². The molecule has 1 fully saturated rings. The predicted octanol–water partition coefficient (Wildman–Crippen LogP) is 3.78. The minimum atomic E-state index is -0.262. The fraction of sp³-hybridized carbons (Fsp3) is 0.250. The van der Waals surface area contributed by atoms with Crippen LogP contribution in [0.2, 0.25) is 0 Å². The van der Waals surface area contributed by atoms with Crippen LogP contribution in [0, 0.1) is 5.82 Å². The Morgan fingerprint density at radius 3 is 2.85 bits per heavy atom. The van der Waals surface area contributed by atoms with Crippen molar-refractivity contribution in [3.8, 4) is 0 Å². The van der Waals surface area contributed by atoms with Gasteiger partial charge in [0.15, 0.2) is 0 Å². The first kappa shape index (κ1) is 16.4. The summed E-state index contributed by atoms with van der Waals surface area (Å²) in [6.45, 7) is 0.675. The summed E-state index contributed by atoms with van der Waals surface area (Å²) in [6, 6.07) is 9.67. The van der Waals surface area contributed by atoms with E-state index >= 15 is 0 Å². The third-order valence-electron chi connectivity index (χ3n) is 4.57. The molecule has 0 spiro atoms. The second kappa shape index (κ2) is 7.07. The van der Waals surface area contributed by atoms with Crippen molar-refractivity contribution in [2.75, 3.05) is 6.54 Å². The summed E-state index contributed by atoms with van der Waals surface area (Å²) in [7, 11) is 0. The van der Waals surface area contributed by atoms with Gasteiger partial charge in [-0.2, -0.15) is 0 Å². The number of aromatic nitrogens is 2. The number of carbonyl (C=O) groups excluding carboxylic acids is 1. The molecule has 4 rings (SSSR count). The Kier molecular flexibility index (Phi) is 4.48. The van der Waals surface area contributed by atoms with E-state index < -0.39 is 0 Å². The van der Waals surface area contributed by atoms with Gasteiger partial charge in [-0.1, -0.05) is 12.1 Å². The maximum absolute atomic E-state index is 13.0. The number of hydrogen-bond donors (Lipinski definition) is 0. The molecule has 1 aliphatic heterocycles. The van der Waals surface area contributed by atoms with Gasteiger partial charge in [0.1, 0.15) is 17.6 Å². The lowest BCUT2D eigenvalue weighted by atomic mass is 10.1. The molecular formula is C20H18FN3O2. The Hall–Kier alpha value is -3.02. The summed E-state index contributed by atoms with van der Waals surface area (Å²) >= 11 is 0. The normalized spacial score (nSPS) is 16.8. The minimum absolute atomic E-state index is 0.0566. The molecule has 0 aliphatic carbocycles. The molecule has 0 saturated carbocycles. The highest BCUT2D eigenvalue weighted by molar-refractivity contribution is 5.94. The number of rotatable bonds is 4. The van der Waals surface area contributed by atoms with E-state index in [9.17, 15) is 9.18 Å². The van der Waals surface area contributed by atoms with E-state index in [1.807, 2.05) is 0 Å². The Bertz CT molecular complexity index is 893. The number of hydrogen-bond acceptors (Lipinski definition) is 4. The quantitative estimate of drug-likeness (QED) is 0.718. The first-order valence-corrected chi connectivity index (χ1v) is 8.61. The fourth-order valence-electron chi connectivity index (χ4n) is 3.28. The number of likely N-dealkylation sites (tertiary alicyclic amines) is 1. The molecule has 1 aliphatic rings. The average molecular weight is 351 g/mol. The minimum Gasteiger partial charge on any atom is -0.443 e. The van der Waals surface area contributed by atoms with Crippen molar-refractivity contribution >= 4 is 5.91 Å². The maximum atomic E-state index is 13.0. The molecule has 0 bridgehead atoms. The van der Waals surface area contributed by atoms with Crippen molar-refractivity contribution in [2.45, 2.75) is 25.3 Å². The van der Waals surface area contributed by atoms with Crippen LogP contribution in [0.3, 0.4) is 0 Å². The number of amides is 1. The zero-order valence-corrected chi connectivity index (χ0v) is 14.1. The third kappa shape index (κ3) is 3.35. The van der Waals surface area contributed by atoms with E-state index in [-0.39, 0.29) is 17.8 Å². The Morgan fingerprint density at radius 2 is 2.08 bits per heavy atom. The zero-order valence-electron chi connectivity index (χ0n) is 14.1. The number of benzene rings is 1. The summed E-state index contributed by atoms with van der Waals surface area (Å²) < 4.78 is 18.9. The van der Waals surface area contributed by atoms with Gasteiger partial charge < -0.3 is 9.32 Å². The Balaban J connectivity index is 1.51. The lowest BCUT2D eigenvalue weighted by molar-refractivity contribution is 0.0714. The van der Waals surface area contributed by atoms with Crippen LogP contribution in [0.25, 0.3) is 0 Å². The van der Waals surface area contributed by atoms with E-state index in [2.05, 4.69) is 9.97 Å². The van der Waals surface area contributed by atoms with Gasteiger partial charge in [0.2, 0.25) is 5.89 Å². The third-order valence-corrected chi connectivity index (χ3v) is 4.57. The fourth-order valence-corrected chi connectivity index (χ4v) is 3.28. The highest BCUT2D eigenvalue weighted by Crippen LogP contribution is 2.33. The highest BCUT2D eigenvalue weighted by atomic mass is 19.1. The standard InChI is InChI=1S/C20H18FN3O2/c21-16-7-5-14(6-8-16)11-17-13-23-19(26-17)18-4-2-10-24(18)20(25)15-3-1-9-22-12-15/h1,3,5-9,12-13,18H,2,4,10-11H2/t18-/m0/s1. The molecule has 3 aromatic rings. The van der Waals surface area contributed by atoms with E-state index in [1.165, 1.54) is 12.1 Å². The lowest BCUT2D eigenvalue weighted by Crippen LogP contribution is -2.30. The second-order valence-electron chi connectivity index (χ2n) is 6.37. The van der Waals surface area contributed by atoms with Crippen molar-refractivity contribution in [1.82, 2.24) is 14.9 Å². The summed E-state index contributed by atoms with van der Waals surface area (Å²) in [4.78, 5) is 22.9. The molecule has 26 heavy (non-hydrogen) atoms. The van der Waals surface area contributed by atoms with Gasteiger partial charge in [-0.3, -0.25) is 9.78 Å². The molecule has 1 saturated heterocycles. The first-order valence-electron chi connectivity index (χ1n) is 8.61. The van der Waals surface area contributed by atoms with Gasteiger partial charge >= 0.3 is 0 Å². The summed E-state index contributed by atoms with van der Waals surface area (Å²) in [5, 5.41) is 0. The van der Waals surface area contributed by atoms with E-state index in [1.54, 1.807) is 47.8 Å². The van der Waals surface area contributed by atoms with Gasteiger partial charge in [0.25, 0.3) is 5.91 Å². The highest BCUT2D eigenvalue weighted by Gasteiger charge is 2.33. The van der Waals surface area contributed by atoms with Crippen molar-refractivity contribution < 1.29 is 13.6 Å². The van der Waals surface area contributed by atoms with Crippen LogP contribution < -0.4 is 0 Å². The average Bonchev–Trinajstić information content (AvgIpc) is 3.33. The number of carbonyl (C=O) groups is 1. The number of pyridine rings is 1. The number of nitrogens with zero attached hydrogens (tertiary/aromatic N) is 3. The molecule has 0 radical (unpaired) electrons. The van der Waals surface area contributed by atoms with Crippen LogP contribution in [-0.2, 0) is 6.42 Å². The molecular weight excluding hydrogens is 333 g/mol. The largest absolute Gasteiger partial charge is 0.443 e. The molecule has 6 heteroatoms. The Labute approximate surface area is 150 Å². The smallest absolute Gasteiger partial charge is 0.256 e. The molecule has 5 nitrogen and oxygen atoms in total. The van der Waals surface area contributed by atoms with Crippen LogP contribution in [0.4, 0.5) is 4.39 Å². The monoisotopic (exact) mass is 351 g/mol. The summed E-state index contributed by atoms with van der Waals surface area (Å²) in [5.41, 5.74) is 1.52. The molecule has 1 atom stereocenters.